The van der Waals surface area contributed by atoms with Gasteiger partial charge in [-0.2, -0.15) is 0 Å². The van der Waals surface area contributed by atoms with Crippen molar-refractivity contribution in [3.63, 3.8) is 0 Å². The summed E-state index contributed by atoms with van der Waals surface area (Å²) in [6, 6.07) is 0. The van der Waals surface area contributed by atoms with E-state index in [0.29, 0.717) is 22.2 Å². The number of rotatable bonds is 4. The van der Waals surface area contributed by atoms with E-state index in [1.807, 2.05) is 11.1 Å². The monoisotopic (exact) mass is 428 g/mol. The normalized spacial score (nSPS) is 44.9. The molecular formula is C29H50NO+. The summed E-state index contributed by atoms with van der Waals surface area (Å²) in [5, 5.41) is 10.8. The zero-order valence-corrected chi connectivity index (χ0v) is 21.9. The van der Waals surface area contributed by atoms with E-state index in [2.05, 4.69) is 66.4 Å². The first kappa shape index (κ1) is 23.5. The molecule has 2 heteroatoms. The van der Waals surface area contributed by atoms with Gasteiger partial charge in [0.25, 0.3) is 0 Å². The second-order valence-corrected chi connectivity index (χ2v) is 13.4. The number of nitrogens with zero attached hydrogens (tertiary/aromatic N) is 1. The molecule has 0 spiro atoms. The maximum atomic E-state index is 10.8. The molecule has 0 aromatic carbocycles. The van der Waals surface area contributed by atoms with Crippen molar-refractivity contribution in [2.24, 2.45) is 39.4 Å². The molecule has 31 heavy (non-hydrogen) atoms. The average Bonchev–Trinajstić information content (AvgIpc) is 2.96. The first-order valence-corrected chi connectivity index (χ1v) is 13.3. The SMILES string of the molecule is C[C@H](CCC=[N+](C)C)[C@H]1CC[C@@]2(C)C3=C(CC[C@@]12C)[C@@]1(C)CCC(O)C(C)(C)C1CC3. The van der Waals surface area contributed by atoms with Crippen molar-refractivity contribution in [3.8, 4) is 0 Å². The highest BCUT2D eigenvalue weighted by Gasteiger charge is 2.63. The summed E-state index contributed by atoms with van der Waals surface area (Å²) < 4.78 is 2.21. The van der Waals surface area contributed by atoms with Crippen LogP contribution in [0.3, 0.4) is 0 Å². The van der Waals surface area contributed by atoms with Crippen LogP contribution >= 0.6 is 0 Å². The van der Waals surface area contributed by atoms with Gasteiger partial charge in [0.2, 0.25) is 0 Å². The van der Waals surface area contributed by atoms with Gasteiger partial charge < -0.3 is 5.11 Å². The van der Waals surface area contributed by atoms with Gasteiger partial charge in [-0.3, -0.25) is 0 Å². The molecule has 4 aliphatic rings. The van der Waals surface area contributed by atoms with E-state index in [1.165, 1.54) is 57.8 Å². The van der Waals surface area contributed by atoms with Crippen LogP contribution in [0.15, 0.2) is 11.1 Å². The molecule has 2 saturated carbocycles. The van der Waals surface area contributed by atoms with Gasteiger partial charge in [-0.15, -0.1) is 0 Å². The van der Waals surface area contributed by atoms with Gasteiger partial charge in [0.15, 0.2) is 0 Å². The van der Waals surface area contributed by atoms with Crippen LogP contribution in [0.2, 0.25) is 0 Å². The second kappa shape index (κ2) is 7.71. The first-order valence-electron chi connectivity index (χ1n) is 13.3. The fourth-order valence-electron chi connectivity index (χ4n) is 9.43. The third-order valence-corrected chi connectivity index (χ3v) is 11.6. The van der Waals surface area contributed by atoms with E-state index in [4.69, 9.17) is 0 Å². The Morgan fingerprint density at radius 3 is 2.35 bits per heavy atom. The molecular weight excluding hydrogens is 378 g/mol. The Morgan fingerprint density at radius 1 is 0.968 bits per heavy atom. The van der Waals surface area contributed by atoms with Crippen LogP contribution in [-0.4, -0.2) is 36.1 Å². The smallest absolute Gasteiger partial charge is 0.139 e. The van der Waals surface area contributed by atoms with E-state index in [0.717, 1.165) is 18.3 Å². The minimum Gasteiger partial charge on any atom is -0.393 e. The summed E-state index contributed by atoms with van der Waals surface area (Å²) in [6.07, 6.45) is 15.0. The molecule has 4 rings (SSSR count). The Labute approximate surface area is 192 Å². The number of allylic oxidation sites excluding steroid dienone is 2. The summed E-state index contributed by atoms with van der Waals surface area (Å²) in [5.41, 5.74) is 4.92. The van der Waals surface area contributed by atoms with Crippen LogP contribution in [0.25, 0.3) is 0 Å². The topological polar surface area (TPSA) is 23.2 Å². The third kappa shape index (κ3) is 3.32. The van der Waals surface area contributed by atoms with Crippen molar-refractivity contribution >= 4 is 6.21 Å². The first-order chi connectivity index (χ1) is 14.4. The Morgan fingerprint density at radius 2 is 1.68 bits per heavy atom. The summed E-state index contributed by atoms with van der Waals surface area (Å²) in [6.45, 7) is 15.1. The zero-order valence-electron chi connectivity index (χ0n) is 21.9. The van der Waals surface area contributed by atoms with Gasteiger partial charge in [-0.05, 0) is 97.2 Å². The lowest BCUT2D eigenvalue weighted by Crippen LogP contribution is -2.55. The highest BCUT2D eigenvalue weighted by Crippen LogP contribution is 2.72. The average molecular weight is 429 g/mol. The summed E-state index contributed by atoms with van der Waals surface area (Å²) in [5.74, 6) is 2.30. The second-order valence-electron chi connectivity index (χ2n) is 13.4. The minimum absolute atomic E-state index is 0.0445. The zero-order chi connectivity index (χ0) is 22.8. The van der Waals surface area contributed by atoms with Crippen molar-refractivity contribution in [2.75, 3.05) is 14.1 Å². The summed E-state index contributed by atoms with van der Waals surface area (Å²) in [7, 11) is 4.30. The van der Waals surface area contributed by atoms with Crippen LogP contribution in [0.1, 0.15) is 106 Å². The van der Waals surface area contributed by atoms with E-state index in [1.54, 1.807) is 0 Å². The van der Waals surface area contributed by atoms with E-state index >= 15 is 0 Å². The van der Waals surface area contributed by atoms with E-state index in [-0.39, 0.29) is 11.5 Å². The quantitative estimate of drug-likeness (QED) is 0.295. The predicted octanol–water partition coefficient (Wildman–Crippen LogP) is 6.86. The molecule has 0 saturated heterocycles. The number of hydrogen-bond donors (Lipinski definition) is 1. The summed E-state index contributed by atoms with van der Waals surface area (Å²) >= 11 is 0. The van der Waals surface area contributed by atoms with Gasteiger partial charge in [-0.25, -0.2) is 4.58 Å². The molecule has 176 valence electrons. The Hall–Kier alpha value is -0.630. The lowest BCUT2D eigenvalue weighted by Gasteiger charge is -2.62. The van der Waals surface area contributed by atoms with Gasteiger partial charge in [0, 0.05) is 6.42 Å². The van der Waals surface area contributed by atoms with Crippen LogP contribution in [0.4, 0.5) is 0 Å². The molecule has 0 aromatic rings. The van der Waals surface area contributed by atoms with E-state index < -0.39 is 0 Å². The third-order valence-electron chi connectivity index (χ3n) is 11.6. The van der Waals surface area contributed by atoms with Crippen LogP contribution in [0.5, 0.6) is 0 Å². The standard InChI is InChI=1S/C29H50NO/c1-20(10-9-19-30(7)8)21-13-17-29(6)23-11-12-24-26(2,3)25(31)15-16-27(24,4)22(23)14-18-28(21,29)5/h19-21,24-25,31H,9-18H2,1-8H3/q+1/t20-,21-,24?,25?,27-,28+,29+/m1/s1. The number of fused-ring (bicyclic) bond motifs is 4. The van der Waals surface area contributed by atoms with Gasteiger partial charge >= 0.3 is 0 Å². The molecule has 0 radical (unpaired) electrons. The maximum absolute atomic E-state index is 10.8. The molecule has 0 aliphatic heterocycles. The Kier molecular flexibility index (Phi) is 5.85. The Balaban J connectivity index is 1.65. The fourth-order valence-corrected chi connectivity index (χ4v) is 9.43. The molecule has 7 atom stereocenters. The van der Waals surface area contributed by atoms with Crippen molar-refractivity contribution in [1.82, 2.24) is 0 Å². The van der Waals surface area contributed by atoms with Crippen LogP contribution in [0, 0.1) is 39.4 Å². The fraction of sp³-hybridized carbons (Fsp3) is 0.897. The van der Waals surface area contributed by atoms with Gasteiger partial charge in [-0.1, -0.05) is 52.7 Å². The molecule has 0 bridgehead atoms. The molecule has 0 amide bonds. The van der Waals surface area contributed by atoms with Crippen molar-refractivity contribution in [1.29, 1.82) is 0 Å². The minimum atomic E-state index is -0.132. The molecule has 2 unspecified atom stereocenters. The highest BCUT2D eigenvalue weighted by atomic mass is 16.3. The van der Waals surface area contributed by atoms with Crippen LogP contribution in [-0.2, 0) is 0 Å². The van der Waals surface area contributed by atoms with Gasteiger partial charge in [0.05, 0.1) is 6.10 Å². The number of aliphatic hydroxyl groups is 1. The predicted molar refractivity (Wildman–Crippen MR) is 132 cm³/mol. The highest BCUT2D eigenvalue weighted by molar-refractivity contribution is 5.50. The van der Waals surface area contributed by atoms with Gasteiger partial charge in [0.1, 0.15) is 20.3 Å². The molecule has 4 aliphatic carbocycles. The number of aliphatic hydroxyl groups excluding tert-OH is 1. The molecule has 1 N–H and O–H groups in total. The maximum Gasteiger partial charge on any atom is 0.139 e. The number of hydrogen-bond acceptors (Lipinski definition) is 1. The van der Waals surface area contributed by atoms with Crippen molar-refractivity contribution in [2.45, 2.75) is 112 Å². The Bertz CT molecular complexity index is 774. The lowest BCUT2D eigenvalue weighted by atomic mass is 9.43. The largest absolute Gasteiger partial charge is 0.393 e. The van der Waals surface area contributed by atoms with Crippen molar-refractivity contribution < 1.29 is 9.68 Å². The molecule has 2 nitrogen and oxygen atoms in total. The lowest BCUT2D eigenvalue weighted by molar-refractivity contribution is -0.460. The van der Waals surface area contributed by atoms with Crippen LogP contribution < -0.4 is 0 Å². The van der Waals surface area contributed by atoms with E-state index in [9.17, 15) is 5.11 Å². The van der Waals surface area contributed by atoms with Crippen molar-refractivity contribution in [3.05, 3.63) is 11.1 Å². The molecule has 0 aromatic heterocycles. The summed E-state index contributed by atoms with van der Waals surface area (Å²) in [4.78, 5) is 0. The molecule has 2 fully saturated rings. The molecule has 0 heterocycles.